The van der Waals surface area contributed by atoms with Crippen molar-refractivity contribution in [2.24, 2.45) is 0 Å². The standard InChI is InChI=1S/C20H27N5O3S/c1-15-4-5-17(22-16(2)26)18(14-15)29(27,28)25-9-6-20(7-10-25)19-21-8-11-24(19)13-12-23(20)3/h4-5,8,11,14H,6-7,9-10,12-13H2,1-3H3,(H,22,26). The first kappa shape index (κ1) is 20.1. The molecule has 8 nitrogen and oxygen atoms in total. The molecule has 2 aliphatic heterocycles. The Kier molecular flexibility index (Phi) is 5.00. The number of hydrogen-bond donors (Lipinski definition) is 1. The van der Waals surface area contributed by atoms with Crippen molar-refractivity contribution in [1.29, 1.82) is 0 Å². The van der Waals surface area contributed by atoms with E-state index in [1.54, 1.807) is 18.2 Å². The van der Waals surface area contributed by atoms with Gasteiger partial charge in [-0.1, -0.05) is 6.07 Å². The number of nitrogens with zero attached hydrogens (tertiary/aromatic N) is 4. The third-order valence-electron chi connectivity index (χ3n) is 6.15. The highest BCUT2D eigenvalue weighted by molar-refractivity contribution is 7.89. The Bertz CT molecular complexity index is 1040. The molecule has 29 heavy (non-hydrogen) atoms. The normalized spacial score (nSPS) is 19.8. The van der Waals surface area contributed by atoms with Crippen LogP contribution < -0.4 is 5.32 Å². The smallest absolute Gasteiger partial charge is 0.245 e. The van der Waals surface area contributed by atoms with Crippen LogP contribution in [0.25, 0.3) is 0 Å². The summed E-state index contributed by atoms with van der Waals surface area (Å²) in [6.45, 7) is 5.86. The summed E-state index contributed by atoms with van der Waals surface area (Å²) in [4.78, 5) is 18.6. The van der Waals surface area contributed by atoms with E-state index < -0.39 is 10.0 Å². The fourth-order valence-electron chi connectivity index (χ4n) is 4.52. The topological polar surface area (TPSA) is 87.5 Å². The lowest BCUT2D eigenvalue weighted by Crippen LogP contribution is -2.56. The monoisotopic (exact) mass is 417 g/mol. The molecule has 1 aromatic heterocycles. The van der Waals surface area contributed by atoms with E-state index in [0.717, 1.165) is 24.5 Å². The zero-order valence-corrected chi connectivity index (χ0v) is 17.9. The van der Waals surface area contributed by atoms with Crippen LogP contribution in [0.4, 0.5) is 5.69 Å². The van der Waals surface area contributed by atoms with E-state index in [9.17, 15) is 13.2 Å². The van der Waals surface area contributed by atoms with E-state index in [4.69, 9.17) is 0 Å². The van der Waals surface area contributed by atoms with Crippen LogP contribution in [0, 0.1) is 6.92 Å². The quantitative estimate of drug-likeness (QED) is 0.823. The number of likely N-dealkylation sites (N-methyl/N-ethyl adjacent to an activating group) is 1. The van der Waals surface area contributed by atoms with Gasteiger partial charge in [0.1, 0.15) is 10.7 Å². The number of rotatable bonds is 3. The molecule has 0 saturated carbocycles. The molecule has 1 spiro atoms. The van der Waals surface area contributed by atoms with E-state index in [0.29, 0.717) is 31.6 Å². The minimum atomic E-state index is -3.72. The molecule has 9 heteroatoms. The fraction of sp³-hybridized carbons (Fsp3) is 0.500. The van der Waals surface area contributed by atoms with Crippen LogP contribution in [0.1, 0.15) is 31.2 Å². The summed E-state index contributed by atoms with van der Waals surface area (Å²) >= 11 is 0. The van der Waals surface area contributed by atoms with Crippen molar-refractivity contribution < 1.29 is 13.2 Å². The van der Waals surface area contributed by atoms with Crippen LogP contribution in [0.15, 0.2) is 35.5 Å². The molecular weight excluding hydrogens is 390 g/mol. The Morgan fingerprint density at radius 3 is 2.59 bits per heavy atom. The largest absolute Gasteiger partial charge is 0.332 e. The second-order valence-electron chi connectivity index (χ2n) is 7.98. The number of piperidine rings is 1. The molecule has 4 rings (SSSR count). The van der Waals surface area contributed by atoms with Gasteiger partial charge in [-0.2, -0.15) is 4.31 Å². The minimum Gasteiger partial charge on any atom is -0.332 e. The van der Waals surface area contributed by atoms with Gasteiger partial charge in [0.05, 0.1) is 11.2 Å². The van der Waals surface area contributed by atoms with Gasteiger partial charge in [0.15, 0.2) is 0 Å². The number of aryl methyl sites for hydroxylation is 1. The number of anilines is 1. The van der Waals surface area contributed by atoms with E-state index in [-0.39, 0.29) is 16.3 Å². The van der Waals surface area contributed by atoms with Crippen LogP contribution in [0.5, 0.6) is 0 Å². The number of nitrogens with one attached hydrogen (secondary N) is 1. The summed E-state index contributed by atoms with van der Waals surface area (Å²) in [6.07, 6.45) is 5.19. The van der Waals surface area contributed by atoms with Gasteiger partial charge in [0, 0.05) is 45.5 Å². The number of hydrogen-bond acceptors (Lipinski definition) is 5. The molecule has 0 atom stereocenters. The van der Waals surface area contributed by atoms with Gasteiger partial charge in [0.25, 0.3) is 0 Å². The van der Waals surface area contributed by atoms with E-state index in [1.165, 1.54) is 11.2 Å². The van der Waals surface area contributed by atoms with Crippen molar-refractivity contribution in [3.63, 3.8) is 0 Å². The highest BCUT2D eigenvalue weighted by Crippen LogP contribution is 2.41. The lowest BCUT2D eigenvalue weighted by Gasteiger charge is -2.49. The van der Waals surface area contributed by atoms with Gasteiger partial charge < -0.3 is 9.88 Å². The van der Waals surface area contributed by atoms with Gasteiger partial charge in [-0.25, -0.2) is 13.4 Å². The third kappa shape index (κ3) is 3.37. The molecule has 1 saturated heterocycles. The molecule has 156 valence electrons. The molecule has 1 amide bonds. The number of carbonyl (C=O) groups excluding carboxylic acids is 1. The number of fused-ring (bicyclic) bond motifs is 2. The van der Waals surface area contributed by atoms with Crippen LogP contribution in [-0.4, -0.2) is 59.8 Å². The Morgan fingerprint density at radius 2 is 1.90 bits per heavy atom. The molecule has 3 heterocycles. The lowest BCUT2D eigenvalue weighted by molar-refractivity contribution is -0.114. The van der Waals surface area contributed by atoms with Gasteiger partial charge in [0.2, 0.25) is 15.9 Å². The summed E-state index contributed by atoms with van der Waals surface area (Å²) in [5, 5.41) is 2.65. The molecule has 0 radical (unpaired) electrons. The highest BCUT2D eigenvalue weighted by Gasteiger charge is 2.47. The maximum absolute atomic E-state index is 13.4. The van der Waals surface area contributed by atoms with Crippen molar-refractivity contribution in [3.05, 3.63) is 42.0 Å². The van der Waals surface area contributed by atoms with Crippen LogP contribution in [-0.2, 0) is 26.9 Å². The molecule has 0 unspecified atom stereocenters. The van der Waals surface area contributed by atoms with Gasteiger partial charge >= 0.3 is 0 Å². The highest BCUT2D eigenvalue weighted by atomic mass is 32.2. The fourth-order valence-corrected chi connectivity index (χ4v) is 6.19. The molecule has 2 aromatic rings. The van der Waals surface area contributed by atoms with E-state index in [2.05, 4.69) is 26.8 Å². The van der Waals surface area contributed by atoms with Crippen molar-refractivity contribution in [1.82, 2.24) is 18.8 Å². The van der Waals surface area contributed by atoms with Crippen molar-refractivity contribution in [2.75, 3.05) is 32.0 Å². The number of benzene rings is 1. The van der Waals surface area contributed by atoms with Gasteiger partial charge in [-0.3, -0.25) is 9.69 Å². The van der Waals surface area contributed by atoms with E-state index in [1.807, 2.05) is 19.3 Å². The van der Waals surface area contributed by atoms with Crippen LogP contribution in [0.2, 0.25) is 0 Å². The second kappa shape index (κ2) is 7.23. The first-order valence-electron chi connectivity index (χ1n) is 9.85. The second-order valence-corrected chi connectivity index (χ2v) is 9.89. The zero-order valence-electron chi connectivity index (χ0n) is 17.1. The number of sulfonamides is 1. The molecule has 1 fully saturated rings. The van der Waals surface area contributed by atoms with E-state index >= 15 is 0 Å². The molecule has 2 aliphatic rings. The number of amides is 1. The Morgan fingerprint density at radius 1 is 1.17 bits per heavy atom. The average Bonchev–Trinajstić information content (AvgIpc) is 3.16. The molecule has 1 aromatic carbocycles. The van der Waals surface area contributed by atoms with Crippen molar-refractivity contribution in [2.45, 2.75) is 43.7 Å². The number of carbonyl (C=O) groups is 1. The first-order chi connectivity index (χ1) is 13.7. The minimum absolute atomic E-state index is 0.155. The number of aromatic nitrogens is 2. The maximum atomic E-state index is 13.4. The Hall–Kier alpha value is -2.23. The Labute approximate surface area is 171 Å². The maximum Gasteiger partial charge on any atom is 0.245 e. The lowest BCUT2D eigenvalue weighted by atomic mass is 9.84. The summed E-state index contributed by atoms with van der Waals surface area (Å²) < 4.78 is 30.6. The van der Waals surface area contributed by atoms with Gasteiger partial charge in [-0.15, -0.1) is 0 Å². The number of imidazole rings is 1. The first-order valence-corrected chi connectivity index (χ1v) is 11.3. The Balaban J connectivity index is 1.63. The van der Waals surface area contributed by atoms with Crippen LogP contribution >= 0.6 is 0 Å². The SMILES string of the molecule is CC(=O)Nc1ccc(C)cc1S(=O)(=O)N1CCC2(CC1)c1nccn1CCN2C. The van der Waals surface area contributed by atoms with Gasteiger partial charge in [-0.05, 0) is 44.5 Å². The molecule has 1 N–H and O–H groups in total. The molecule has 0 aliphatic carbocycles. The summed E-state index contributed by atoms with van der Waals surface area (Å²) in [7, 11) is -1.63. The predicted molar refractivity (Wildman–Crippen MR) is 110 cm³/mol. The zero-order chi connectivity index (χ0) is 20.8. The summed E-state index contributed by atoms with van der Waals surface area (Å²) in [5.74, 6) is 0.733. The average molecular weight is 418 g/mol. The predicted octanol–water partition coefficient (Wildman–Crippen LogP) is 1.78. The summed E-state index contributed by atoms with van der Waals surface area (Å²) in [6, 6.07) is 5.08. The van der Waals surface area contributed by atoms with Crippen LogP contribution in [0.3, 0.4) is 0 Å². The summed E-state index contributed by atoms with van der Waals surface area (Å²) in [5.41, 5.74) is 0.926. The molecule has 0 bridgehead atoms. The molecular formula is C20H27N5O3S. The van der Waals surface area contributed by atoms with Crippen molar-refractivity contribution >= 4 is 21.6 Å². The van der Waals surface area contributed by atoms with Crippen molar-refractivity contribution in [3.8, 4) is 0 Å². The third-order valence-corrected chi connectivity index (χ3v) is 8.09.